The molecule has 28 heavy (non-hydrogen) atoms. The number of pyridine rings is 1. The zero-order chi connectivity index (χ0) is 19.8. The van der Waals surface area contributed by atoms with Gasteiger partial charge in [0, 0.05) is 29.9 Å². The Kier molecular flexibility index (Phi) is 6.87. The van der Waals surface area contributed by atoms with E-state index in [1.807, 2.05) is 48.5 Å². The molecule has 1 aromatic heterocycles. The Morgan fingerprint density at radius 1 is 1.11 bits per heavy atom. The number of rotatable bonds is 8. The van der Waals surface area contributed by atoms with Gasteiger partial charge in [-0.1, -0.05) is 41.9 Å². The van der Waals surface area contributed by atoms with Gasteiger partial charge in [0.05, 0.1) is 7.11 Å². The summed E-state index contributed by atoms with van der Waals surface area (Å²) < 4.78 is 5.15. The highest BCUT2D eigenvalue weighted by molar-refractivity contribution is 6.31. The van der Waals surface area contributed by atoms with E-state index in [0.717, 1.165) is 23.3 Å². The topological polar surface area (TPSA) is 63.2 Å². The number of carbonyl (C=O) groups is 1. The lowest BCUT2D eigenvalue weighted by molar-refractivity contribution is 0.0954. The molecule has 0 aliphatic carbocycles. The molecule has 0 spiro atoms. The van der Waals surface area contributed by atoms with Gasteiger partial charge >= 0.3 is 0 Å². The maximum absolute atomic E-state index is 12.4. The first-order chi connectivity index (χ1) is 13.7. The second kappa shape index (κ2) is 9.76. The van der Waals surface area contributed by atoms with Gasteiger partial charge in [0.2, 0.25) is 0 Å². The summed E-state index contributed by atoms with van der Waals surface area (Å²) in [6.45, 7) is 1.09. The lowest BCUT2D eigenvalue weighted by Gasteiger charge is -2.09. The molecule has 3 aromatic rings. The molecule has 0 saturated carbocycles. The fraction of sp³-hybridized carbons (Fsp3) is 0.182. The average Bonchev–Trinajstić information content (AvgIpc) is 2.74. The molecule has 0 saturated heterocycles. The Balaban J connectivity index is 1.52. The minimum atomic E-state index is -0.128. The van der Waals surface area contributed by atoms with E-state index < -0.39 is 0 Å². The lowest BCUT2D eigenvalue weighted by Crippen LogP contribution is -2.25. The van der Waals surface area contributed by atoms with Crippen molar-refractivity contribution in [3.8, 4) is 5.75 Å². The number of aromatic nitrogens is 1. The van der Waals surface area contributed by atoms with Crippen LogP contribution < -0.4 is 15.4 Å². The third kappa shape index (κ3) is 5.47. The summed E-state index contributed by atoms with van der Waals surface area (Å²) in [7, 11) is 1.64. The Hall–Kier alpha value is -3.05. The largest absolute Gasteiger partial charge is 0.497 e. The van der Waals surface area contributed by atoms with Gasteiger partial charge in [-0.05, 0) is 47.9 Å². The fourth-order valence-electron chi connectivity index (χ4n) is 2.71. The smallest absolute Gasteiger partial charge is 0.251 e. The highest BCUT2D eigenvalue weighted by Gasteiger charge is 2.07. The predicted octanol–water partition coefficient (Wildman–Crippen LogP) is 4.33. The Labute approximate surface area is 169 Å². The van der Waals surface area contributed by atoms with Crippen molar-refractivity contribution in [3.63, 3.8) is 0 Å². The van der Waals surface area contributed by atoms with Crippen molar-refractivity contribution in [3.05, 3.63) is 88.6 Å². The van der Waals surface area contributed by atoms with Gasteiger partial charge in [0.25, 0.3) is 5.91 Å². The van der Waals surface area contributed by atoms with E-state index in [-0.39, 0.29) is 5.91 Å². The summed E-state index contributed by atoms with van der Waals surface area (Å²) in [5.41, 5.74) is 2.67. The number of nitrogens with one attached hydrogen (secondary N) is 2. The van der Waals surface area contributed by atoms with Crippen LogP contribution in [0, 0.1) is 0 Å². The molecular formula is C22H22ClN3O2. The number of amides is 1. The van der Waals surface area contributed by atoms with Crippen molar-refractivity contribution in [2.24, 2.45) is 0 Å². The molecule has 0 unspecified atom stereocenters. The van der Waals surface area contributed by atoms with E-state index in [9.17, 15) is 4.79 Å². The SMILES string of the molecule is COc1ccc(CCNC(=O)c2ccnc(NCc3ccccc3Cl)c2)cc1. The van der Waals surface area contributed by atoms with E-state index in [1.54, 1.807) is 25.4 Å². The maximum atomic E-state index is 12.4. The average molecular weight is 396 g/mol. The number of hydrogen-bond acceptors (Lipinski definition) is 4. The van der Waals surface area contributed by atoms with E-state index in [1.165, 1.54) is 0 Å². The minimum Gasteiger partial charge on any atom is -0.497 e. The van der Waals surface area contributed by atoms with Crippen LogP contribution in [0.2, 0.25) is 5.02 Å². The molecule has 144 valence electrons. The molecule has 2 N–H and O–H groups in total. The number of hydrogen-bond donors (Lipinski definition) is 2. The number of nitrogens with zero attached hydrogens (tertiary/aromatic N) is 1. The lowest BCUT2D eigenvalue weighted by atomic mass is 10.1. The molecule has 6 heteroatoms. The zero-order valence-electron chi connectivity index (χ0n) is 15.6. The molecule has 1 heterocycles. The Morgan fingerprint density at radius 2 is 1.89 bits per heavy atom. The normalized spacial score (nSPS) is 10.4. The van der Waals surface area contributed by atoms with Gasteiger partial charge in [-0.2, -0.15) is 0 Å². The Bertz CT molecular complexity index is 929. The number of methoxy groups -OCH3 is 1. The van der Waals surface area contributed by atoms with Gasteiger partial charge < -0.3 is 15.4 Å². The summed E-state index contributed by atoms with van der Waals surface area (Å²) in [5.74, 6) is 1.32. The predicted molar refractivity (Wildman–Crippen MR) is 112 cm³/mol. The van der Waals surface area contributed by atoms with Crippen molar-refractivity contribution in [2.75, 3.05) is 19.0 Å². The molecule has 0 fully saturated rings. The van der Waals surface area contributed by atoms with Gasteiger partial charge in [0.1, 0.15) is 11.6 Å². The summed E-state index contributed by atoms with van der Waals surface area (Å²) >= 11 is 6.17. The van der Waals surface area contributed by atoms with Crippen molar-refractivity contribution in [1.29, 1.82) is 0 Å². The summed E-state index contributed by atoms with van der Waals surface area (Å²) in [5, 5.41) is 6.84. The summed E-state index contributed by atoms with van der Waals surface area (Å²) in [6, 6.07) is 18.9. The van der Waals surface area contributed by atoms with Crippen LogP contribution in [0.15, 0.2) is 66.9 Å². The first-order valence-corrected chi connectivity index (χ1v) is 9.38. The van der Waals surface area contributed by atoms with E-state index >= 15 is 0 Å². The van der Waals surface area contributed by atoms with E-state index in [0.29, 0.717) is 29.5 Å². The van der Waals surface area contributed by atoms with E-state index in [2.05, 4.69) is 15.6 Å². The molecule has 0 aliphatic rings. The molecule has 5 nitrogen and oxygen atoms in total. The second-order valence-electron chi connectivity index (χ2n) is 6.23. The van der Waals surface area contributed by atoms with Gasteiger partial charge in [-0.3, -0.25) is 4.79 Å². The first kappa shape index (κ1) is 19.7. The third-order valence-electron chi connectivity index (χ3n) is 4.30. The van der Waals surface area contributed by atoms with Gasteiger partial charge in [-0.25, -0.2) is 4.98 Å². The van der Waals surface area contributed by atoms with Gasteiger partial charge in [0.15, 0.2) is 0 Å². The van der Waals surface area contributed by atoms with Crippen LogP contribution in [0.4, 0.5) is 5.82 Å². The van der Waals surface area contributed by atoms with Crippen molar-refractivity contribution >= 4 is 23.3 Å². The van der Waals surface area contributed by atoms with Crippen LogP contribution in [0.1, 0.15) is 21.5 Å². The van der Waals surface area contributed by atoms with Crippen molar-refractivity contribution in [1.82, 2.24) is 10.3 Å². The standard InChI is InChI=1S/C22H22ClN3O2/c1-28-19-8-6-16(7-9-19)10-12-25-22(27)17-11-13-24-21(14-17)26-15-18-4-2-3-5-20(18)23/h2-9,11,13-14H,10,12,15H2,1H3,(H,24,26)(H,25,27). The quantitative estimate of drug-likeness (QED) is 0.596. The highest BCUT2D eigenvalue weighted by atomic mass is 35.5. The van der Waals surface area contributed by atoms with Crippen LogP contribution in [0.3, 0.4) is 0 Å². The van der Waals surface area contributed by atoms with Crippen LogP contribution in [-0.4, -0.2) is 24.5 Å². The summed E-state index contributed by atoms with van der Waals surface area (Å²) in [6.07, 6.45) is 2.37. The Morgan fingerprint density at radius 3 is 2.64 bits per heavy atom. The van der Waals surface area contributed by atoms with Crippen LogP contribution >= 0.6 is 11.6 Å². The second-order valence-corrected chi connectivity index (χ2v) is 6.64. The number of ether oxygens (including phenoxy) is 1. The molecule has 0 atom stereocenters. The zero-order valence-corrected chi connectivity index (χ0v) is 16.4. The maximum Gasteiger partial charge on any atom is 0.251 e. The molecular weight excluding hydrogens is 374 g/mol. The number of benzene rings is 2. The molecule has 3 rings (SSSR count). The number of halogens is 1. The summed E-state index contributed by atoms with van der Waals surface area (Å²) in [4.78, 5) is 16.7. The molecule has 0 radical (unpaired) electrons. The third-order valence-corrected chi connectivity index (χ3v) is 4.67. The molecule has 0 aliphatic heterocycles. The minimum absolute atomic E-state index is 0.128. The first-order valence-electron chi connectivity index (χ1n) is 9.00. The van der Waals surface area contributed by atoms with Crippen LogP contribution in [-0.2, 0) is 13.0 Å². The van der Waals surface area contributed by atoms with Crippen molar-refractivity contribution in [2.45, 2.75) is 13.0 Å². The number of carbonyl (C=O) groups excluding carboxylic acids is 1. The van der Waals surface area contributed by atoms with Crippen LogP contribution in [0.5, 0.6) is 5.75 Å². The monoisotopic (exact) mass is 395 g/mol. The highest BCUT2D eigenvalue weighted by Crippen LogP contribution is 2.17. The van der Waals surface area contributed by atoms with E-state index in [4.69, 9.17) is 16.3 Å². The molecule has 0 bridgehead atoms. The van der Waals surface area contributed by atoms with Crippen LogP contribution in [0.25, 0.3) is 0 Å². The number of anilines is 1. The molecule has 1 amide bonds. The van der Waals surface area contributed by atoms with Crippen molar-refractivity contribution < 1.29 is 9.53 Å². The fourth-order valence-corrected chi connectivity index (χ4v) is 2.91. The van der Waals surface area contributed by atoms with Gasteiger partial charge in [-0.15, -0.1) is 0 Å². The molecule has 2 aromatic carbocycles.